The molecule has 1 heterocycles. The average molecular weight is 299 g/mol. The Balaban J connectivity index is 2.21. The summed E-state index contributed by atoms with van der Waals surface area (Å²) in [6.07, 6.45) is -3.81. The van der Waals surface area contributed by atoms with E-state index in [0.717, 1.165) is 12.3 Å². The number of halogens is 3. The first kappa shape index (κ1) is 14.6. The molecule has 1 N–H and O–H groups in total. The molecule has 0 spiro atoms. The molecule has 5 nitrogen and oxygen atoms in total. The Kier molecular flexibility index (Phi) is 3.97. The second-order valence-electron chi connectivity index (χ2n) is 3.79. The monoisotopic (exact) mass is 299 g/mol. The van der Waals surface area contributed by atoms with Crippen molar-refractivity contribution in [1.29, 1.82) is 0 Å². The number of ether oxygens (including phenoxy) is 2. The number of hydrogen-bond donors (Lipinski definition) is 1. The molecule has 0 atom stereocenters. The van der Waals surface area contributed by atoms with Crippen molar-refractivity contribution in [3.05, 3.63) is 48.2 Å². The first-order valence-corrected chi connectivity index (χ1v) is 5.57. The van der Waals surface area contributed by atoms with E-state index in [-0.39, 0.29) is 17.2 Å². The molecule has 0 fully saturated rings. The van der Waals surface area contributed by atoms with Crippen LogP contribution in [0.25, 0.3) is 0 Å². The van der Waals surface area contributed by atoms with Crippen LogP contribution in [0.4, 0.5) is 13.2 Å². The van der Waals surface area contributed by atoms with Crippen LogP contribution in [0.15, 0.2) is 42.6 Å². The van der Waals surface area contributed by atoms with Crippen LogP contribution in [0.3, 0.4) is 0 Å². The molecule has 110 valence electrons. The minimum absolute atomic E-state index is 0.0572. The second-order valence-corrected chi connectivity index (χ2v) is 3.79. The maximum absolute atomic E-state index is 12.2. The summed E-state index contributed by atoms with van der Waals surface area (Å²) in [4.78, 5) is 14.3. The van der Waals surface area contributed by atoms with Gasteiger partial charge in [-0.15, -0.1) is 13.2 Å². The lowest BCUT2D eigenvalue weighted by Crippen LogP contribution is -2.17. The van der Waals surface area contributed by atoms with Crippen molar-refractivity contribution in [3.8, 4) is 17.4 Å². The van der Waals surface area contributed by atoms with Crippen LogP contribution in [-0.2, 0) is 0 Å². The zero-order valence-corrected chi connectivity index (χ0v) is 10.3. The molecule has 0 aliphatic carbocycles. The largest absolute Gasteiger partial charge is 0.573 e. The lowest BCUT2D eigenvalue weighted by molar-refractivity contribution is -0.275. The summed E-state index contributed by atoms with van der Waals surface area (Å²) < 4.78 is 45.7. The molecular weight excluding hydrogens is 291 g/mol. The van der Waals surface area contributed by atoms with Gasteiger partial charge < -0.3 is 14.6 Å². The second kappa shape index (κ2) is 5.70. The van der Waals surface area contributed by atoms with Crippen molar-refractivity contribution in [2.45, 2.75) is 6.36 Å². The normalized spacial score (nSPS) is 11.0. The number of rotatable bonds is 4. The molecule has 0 unspecified atom stereocenters. The van der Waals surface area contributed by atoms with E-state index in [0.29, 0.717) is 0 Å². The number of benzene rings is 1. The van der Waals surface area contributed by atoms with Gasteiger partial charge in [0.25, 0.3) is 0 Å². The molecule has 2 aromatic rings. The minimum atomic E-state index is -4.85. The summed E-state index contributed by atoms with van der Waals surface area (Å²) >= 11 is 0. The van der Waals surface area contributed by atoms with Crippen molar-refractivity contribution in [2.24, 2.45) is 0 Å². The van der Waals surface area contributed by atoms with E-state index in [1.165, 1.54) is 30.3 Å². The topological polar surface area (TPSA) is 68.7 Å². The Labute approximate surface area is 116 Å². The Morgan fingerprint density at radius 2 is 1.76 bits per heavy atom. The van der Waals surface area contributed by atoms with Gasteiger partial charge in [-0.25, -0.2) is 9.78 Å². The summed E-state index contributed by atoms with van der Waals surface area (Å²) in [5, 5.41) is 8.71. The van der Waals surface area contributed by atoms with Crippen molar-refractivity contribution in [2.75, 3.05) is 0 Å². The highest BCUT2D eigenvalue weighted by atomic mass is 19.4. The van der Waals surface area contributed by atoms with Gasteiger partial charge in [-0.05, 0) is 18.2 Å². The third kappa shape index (κ3) is 4.10. The van der Waals surface area contributed by atoms with Gasteiger partial charge in [0.05, 0.1) is 5.56 Å². The summed E-state index contributed by atoms with van der Waals surface area (Å²) in [7, 11) is 0. The van der Waals surface area contributed by atoms with Gasteiger partial charge in [-0.2, -0.15) is 0 Å². The van der Waals surface area contributed by atoms with Crippen LogP contribution in [0.5, 0.6) is 17.4 Å². The quantitative estimate of drug-likeness (QED) is 0.936. The van der Waals surface area contributed by atoms with E-state index in [1.807, 2.05) is 0 Å². The molecule has 0 aliphatic heterocycles. The molecule has 0 radical (unpaired) electrons. The fraction of sp³-hybridized carbons (Fsp3) is 0.0769. The van der Waals surface area contributed by atoms with Crippen LogP contribution >= 0.6 is 0 Å². The Hall–Kier alpha value is -2.77. The SMILES string of the molecule is O=C(O)c1ccc(Oc2ccccc2OC(F)(F)F)nc1. The smallest absolute Gasteiger partial charge is 0.478 e. The van der Waals surface area contributed by atoms with Crippen molar-refractivity contribution < 1.29 is 32.5 Å². The molecule has 0 aliphatic rings. The molecule has 0 saturated carbocycles. The van der Waals surface area contributed by atoms with E-state index in [1.54, 1.807) is 0 Å². The fourth-order valence-electron chi connectivity index (χ4n) is 1.42. The first-order valence-electron chi connectivity index (χ1n) is 5.57. The summed E-state index contributed by atoms with van der Waals surface area (Å²) in [5.41, 5.74) is -0.0674. The molecule has 1 aromatic carbocycles. The number of carboxylic acids is 1. The van der Waals surface area contributed by atoms with E-state index < -0.39 is 18.1 Å². The maximum atomic E-state index is 12.2. The summed E-state index contributed by atoms with van der Waals surface area (Å²) in [6.45, 7) is 0. The average Bonchev–Trinajstić information content (AvgIpc) is 2.40. The third-order valence-electron chi connectivity index (χ3n) is 2.27. The number of hydrogen-bond acceptors (Lipinski definition) is 4. The standard InChI is InChI=1S/C13H8F3NO4/c14-13(15,16)21-10-4-2-1-3-9(10)20-11-6-5-8(7-17-11)12(18)19/h1-7H,(H,18,19). The molecular formula is C13H8F3NO4. The molecule has 0 saturated heterocycles. The molecule has 2 rings (SSSR count). The van der Waals surface area contributed by atoms with Crippen molar-refractivity contribution >= 4 is 5.97 Å². The number of nitrogens with zero attached hydrogens (tertiary/aromatic N) is 1. The van der Waals surface area contributed by atoms with Crippen molar-refractivity contribution in [3.63, 3.8) is 0 Å². The minimum Gasteiger partial charge on any atom is -0.478 e. The zero-order chi connectivity index (χ0) is 15.5. The van der Waals surface area contributed by atoms with Gasteiger partial charge in [0.1, 0.15) is 0 Å². The molecule has 21 heavy (non-hydrogen) atoms. The van der Waals surface area contributed by atoms with Crippen LogP contribution < -0.4 is 9.47 Å². The predicted octanol–water partition coefficient (Wildman–Crippen LogP) is 3.47. The lowest BCUT2D eigenvalue weighted by atomic mass is 10.3. The van der Waals surface area contributed by atoms with Gasteiger partial charge >= 0.3 is 12.3 Å². The molecule has 0 bridgehead atoms. The van der Waals surface area contributed by atoms with Crippen LogP contribution in [0.1, 0.15) is 10.4 Å². The highest BCUT2D eigenvalue weighted by molar-refractivity contribution is 5.87. The van der Waals surface area contributed by atoms with E-state index >= 15 is 0 Å². The fourth-order valence-corrected chi connectivity index (χ4v) is 1.42. The number of alkyl halides is 3. The van der Waals surface area contributed by atoms with Gasteiger partial charge in [-0.3, -0.25) is 0 Å². The van der Waals surface area contributed by atoms with E-state index in [9.17, 15) is 18.0 Å². The third-order valence-corrected chi connectivity index (χ3v) is 2.27. The predicted molar refractivity (Wildman–Crippen MR) is 64.4 cm³/mol. The van der Waals surface area contributed by atoms with Crippen LogP contribution in [-0.4, -0.2) is 22.4 Å². The Morgan fingerprint density at radius 3 is 2.29 bits per heavy atom. The number of pyridine rings is 1. The van der Waals surface area contributed by atoms with Crippen LogP contribution in [0.2, 0.25) is 0 Å². The van der Waals surface area contributed by atoms with Gasteiger partial charge in [0.2, 0.25) is 5.88 Å². The Morgan fingerprint density at radius 1 is 1.10 bits per heavy atom. The van der Waals surface area contributed by atoms with Gasteiger partial charge in [-0.1, -0.05) is 12.1 Å². The molecule has 0 amide bonds. The number of aromatic nitrogens is 1. The zero-order valence-electron chi connectivity index (χ0n) is 10.3. The van der Waals surface area contributed by atoms with E-state index in [2.05, 4.69) is 9.72 Å². The first-order chi connectivity index (χ1) is 9.85. The number of carboxylic acid groups (broad SMARTS) is 1. The van der Waals surface area contributed by atoms with Gasteiger partial charge in [0.15, 0.2) is 11.5 Å². The number of aromatic carboxylic acids is 1. The highest BCUT2D eigenvalue weighted by Crippen LogP contribution is 2.34. The molecule has 8 heteroatoms. The number of carbonyl (C=O) groups is 1. The Bertz CT molecular complexity index is 641. The van der Waals surface area contributed by atoms with Crippen molar-refractivity contribution in [1.82, 2.24) is 4.98 Å². The highest BCUT2D eigenvalue weighted by Gasteiger charge is 2.32. The summed E-state index contributed by atoms with van der Waals surface area (Å²) in [6, 6.07) is 7.63. The van der Waals surface area contributed by atoms with Crippen LogP contribution in [0, 0.1) is 0 Å². The molecule has 1 aromatic heterocycles. The number of para-hydroxylation sites is 2. The summed E-state index contributed by atoms with van der Waals surface area (Å²) in [5.74, 6) is -1.94. The van der Waals surface area contributed by atoms with E-state index in [4.69, 9.17) is 9.84 Å². The lowest BCUT2D eigenvalue weighted by Gasteiger charge is -2.13. The van der Waals surface area contributed by atoms with Gasteiger partial charge in [0, 0.05) is 12.3 Å². The maximum Gasteiger partial charge on any atom is 0.573 e.